The van der Waals surface area contributed by atoms with E-state index in [0.717, 1.165) is 5.56 Å². The van der Waals surface area contributed by atoms with E-state index in [1.165, 1.54) is 18.5 Å². The lowest BCUT2D eigenvalue weighted by Crippen LogP contribution is -2.49. The van der Waals surface area contributed by atoms with Crippen molar-refractivity contribution in [3.63, 3.8) is 0 Å². The van der Waals surface area contributed by atoms with E-state index < -0.39 is 5.41 Å². The summed E-state index contributed by atoms with van der Waals surface area (Å²) in [7, 11) is 0. The van der Waals surface area contributed by atoms with E-state index in [1.807, 2.05) is 6.92 Å². The van der Waals surface area contributed by atoms with E-state index >= 15 is 0 Å². The molecule has 0 aliphatic carbocycles. The Kier molecular flexibility index (Phi) is 5.72. The number of carbonyl (C=O) groups excluding carboxylic acids is 1. The van der Waals surface area contributed by atoms with E-state index in [9.17, 15) is 14.4 Å². The zero-order valence-corrected chi connectivity index (χ0v) is 17.2. The highest BCUT2D eigenvalue weighted by molar-refractivity contribution is 5.99. The second-order valence-electron chi connectivity index (χ2n) is 7.97. The Morgan fingerprint density at radius 3 is 2.71 bits per heavy atom. The Labute approximate surface area is 180 Å². The number of nitriles is 1. The summed E-state index contributed by atoms with van der Waals surface area (Å²) in [5, 5.41) is 10.0. The summed E-state index contributed by atoms with van der Waals surface area (Å²) in [6.07, 6.45) is 5.77. The Morgan fingerprint density at radius 2 is 2.03 bits per heavy atom. The number of pyridine rings is 1. The van der Waals surface area contributed by atoms with Crippen LogP contribution in [0.25, 0.3) is 11.4 Å². The SMILES string of the molecule is CC1CN(C(=O)c2cccnc2-c2ccncn2)CCC1(C#N)Cc1ccc(F)cc1. The van der Waals surface area contributed by atoms with Gasteiger partial charge in [-0.05, 0) is 54.7 Å². The molecule has 0 N–H and O–H groups in total. The summed E-state index contributed by atoms with van der Waals surface area (Å²) in [6, 6.07) is 14.0. The molecule has 4 rings (SSSR count). The van der Waals surface area contributed by atoms with Crippen molar-refractivity contribution in [1.82, 2.24) is 19.9 Å². The number of benzene rings is 1. The second kappa shape index (κ2) is 8.60. The summed E-state index contributed by atoms with van der Waals surface area (Å²) in [5.74, 6) is -0.458. The van der Waals surface area contributed by atoms with Crippen LogP contribution in [0.2, 0.25) is 0 Å². The fraction of sp³-hybridized carbons (Fsp3) is 0.292. The fourth-order valence-corrected chi connectivity index (χ4v) is 4.18. The molecule has 1 fully saturated rings. The molecule has 1 amide bonds. The third-order valence-electron chi connectivity index (χ3n) is 6.07. The first-order chi connectivity index (χ1) is 15.0. The predicted octanol–water partition coefficient (Wildman–Crippen LogP) is 3.91. The van der Waals surface area contributed by atoms with Gasteiger partial charge < -0.3 is 4.90 Å². The minimum Gasteiger partial charge on any atom is -0.338 e. The van der Waals surface area contributed by atoms with Crippen molar-refractivity contribution in [1.29, 1.82) is 5.26 Å². The van der Waals surface area contributed by atoms with Crippen molar-refractivity contribution in [2.45, 2.75) is 19.8 Å². The van der Waals surface area contributed by atoms with Crippen molar-refractivity contribution in [3.05, 3.63) is 78.1 Å². The molecule has 6 nitrogen and oxygen atoms in total. The number of likely N-dealkylation sites (tertiary alicyclic amines) is 1. The van der Waals surface area contributed by atoms with Gasteiger partial charge in [-0.25, -0.2) is 14.4 Å². The van der Waals surface area contributed by atoms with E-state index in [0.29, 0.717) is 42.9 Å². The highest BCUT2D eigenvalue weighted by Gasteiger charge is 2.42. The van der Waals surface area contributed by atoms with Crippen LogP contribution < -0.4 is 0 Å². The molecule has 0 spiro atoms. The third kappa shape index (κ3) is 4.15. The van der Waals surface area contributed by atoms with Crippen LogP contribution in [-0.2, 0) is 6.42 Å². The zero-order valence-electron chi connectivity index (χ0n) is 17.2. The second-order valence-corrected chi connectivity index (χ2v) is 7.97. The van der Waals surface area contributed by atoms with Crippen molar-refractivity contribution in [2.24, 2.45) is 11.3 Å². The molecular weight excluding hydrogens is 393 g/mol. The Bertz CT molecular complexity index is 1110. The number of hydrogen-bond donors (Lipinski definition) is 0. The number of amides is 1. The number of aromatic nitrogens is 3. The van der Waals surface area contributed by atoms with Crippen molar-refractivity contribution >= 4 is 5.91 Å². The average molecular weight is 415 g/mol. The predicted molar refractivity (Wildman–Crippen MR) is 113 cm³/mol. The fourth-order valence-electron chi connectivity index (χ4n) is 4.18. The Hall–Kier alpha value is -3.66. The molecule has 3 aromatic rings. The van der Waals surface area contributed by atoms with Gasteiger partial charge in [0.1, 0.15) is 17.8 Å². The van der Waals surface area contributed by atoms with Crippen LogP contribution in [0.5, 0.6) is 0 Å². The van der Waals surface area contributed by atoms with Crippen molar-refractivity contribution < 1.29 is 9.18 Å². The minimum absolute atomic E-state index is 0.0422. The summed E-state index contributed by atoms with van der Waals surface area (Å²) < 4.78 is 13.3. The molecule has 0 bridgehead atoms. The molecule has 1 aliphatic rings. The van der Waals surface area contributed by atoms with E-state index in [1.54, 1.807) is 47.6 Å². The molecule has 1 saturated heterocycles. The maximum absolute atomic E-state index is 13.4. The third-order valence-corrected chi connectivity index (χ3v) is 6.07. The number of carbonyl (C=O) groups is 1. The van der Waals surface area contributed by atoms with Gasteiger partial charge in [0.05, 0.1) is 22.7 Å². The first-order valence-electron chi connectivity index (χ1n) is 10.2. The monoisotopic (exact) mass is 415 g/mol. The maximum atomic E-state index is 13.4. The van der Waals surface area contributed by atoms with Crippen LogP contribution in [0.1, 0.15) is 29.3 Å². The van der Waals surface area contributed by atoms with Crippen LogP contribution in [0.3, 0.4) is 0 Å². The molecular formula is C24H22FN5O. The van der Waals surface area contributed by atoms with Gasteiger partial charge in [0.15, 0.2) is 0 Å². The van der Waals surface area contributed by atoms with Crippen molar-refractivity contribution in [3.8, 4) is 17.5 Å². The van der Waals surface area contributed by atoms with E-state index in [2.05, 4.69) is 21.0 Å². The quantitative estimate of drug-likeness (QED) is 0.645. The lowest BCUT2D eigenvalue weighted by atomic mass is 9.68. The Balaban J connectivity index is 1.55. The summed E-state index contributed by atoms with van der Waals surface area (Å²) in [4.78, 5) is 27.7. The largest absolute Gasteiger partial charge is 0.338 e. The van der Waals surface area contributed by atoms with Gasteiger partial charge >= 0.3 is 0 Å². The zero-order chi connectivity index (χ0) is 21.8. The van der Waals surface area contributed by atoms with Gasteiger partial charge in [0, 0.05) is 25.5 Å². The number of nitrogens with zero attached hydrogens (tertiary/aromatic N) is 5. The van der Waals surface area contributed by atoms with E-state index in [-0.39, 0.29) is 17.6 Å². The molecule has 2 aromatic heterocycles. The van der Waals surface area contributed by atoms with Gasteiger partial charge in [-0.15, -0.1) is 0 Å². The minimum atomic E-state index is -0.598. The molecule has 3 heterocycles. The normalized spacial score (nSPS) is 20.8. The molecule has 0 saturated carbocycles. The molecule has 0 radical (unpaired) electrons. The summed E-state index contributed by atoms with van der Waals surface area (Å²) in [6.45, 7) is 2.93. The average Bonchev–Trinajstić information content (AvgIpc) is 2.82. The Morgan fingerprint density at radius 1 is 1.23 bits per heavy atom. The van der Waals surface area contributed by atoms with Gasteiger partial charge in [-0.3, -0.25) is 9.78 Å². The topological polar surface area (TPSA) is 82.8 Å². The first kappa shape index (κ1) is 20.6. The molecule has 1 aromatic carbocycles. The van der Waals surface area contributed by atoms with E-state index in [4.69, 9.17) is 0 Å². The smallest absolute Gasteiger partial charge is 0.256 e. The van der Waals surface area contributed by atoms with Gasteiger partial charge in [-0.2, -0.15) is 5.26 Å². The lowest BCUT2D eigenvalue weighted by molar-refractivity contribution is 0.0508. The molecule has 31 heavy (non-hydrogen) atoms. The lowest BCUT2D eigenvalue weighted by Gasteiger charge is -2.42. The van der Waals surface area contributed by atoms with Crippen LogP contribution in [0.4, 0.5) is 4.39 Å². The molecule has 1 aliphatic heterocycles. The number of halogens is 1. The van der Waals surface area contributed by atoms with Gasteiger partial charge in [0.25, 0.3) is 5.91 Å². The number of rotatable bonds is 4. The molecule has 156 valence electrons. The summed E-state index contributed by atoms with van der Waals surface area (Å²) in [5.41, 5.74) is 1.92. The summed E-state index contributed by atoms with van der Waals surface area (Å²) >= 11 is 0. The molecule has 7 heteroatoms. The standard InChI is InChI=1S/C24H22FN5O/c1-17-14-30(12-9-24(17,15-26)13-18-4-6-19(25)7-5-18)23(31)20-3-2-10-28-22(20)21-8-11-27-16-29-21/h2-8,10-11,16-17H,9,12-14H2,1H3. The van der Waals surface area contributed by atoms with Crippen LogP contribution in [0, 0.1) is 28.5 Å². The highest BCUT2D eigenvalue weighted by Crippen LogP contribution is 2.39. The maximum Gasteiger partial charge on any atom is 0.256 e. The molecule has 2 unspecified atom stereocenters. The van der Waals surface area contributed by atoms with Crippen LogP contribution >= 0.6 is 0 Å². The first-order valence-corrected chi connectivity index (χ1v) is 10.2. The van der Waals surface area contributed by atoms with Crippen LogP contribution in [-0.4, -0.2) is 38.8 Å². The van der Waals surface area contributed by atoms with Gasteiger partial charge in [-0.1, -0.05) is 19.1 Å². The molecule has 2 atom stereocenters. The van der Waals surface area contributed by atoms with Crippen molar-refractivity contribution in [2.75, 3.05) is 13.1 Å². The number of hydrogen-bond acceptors (Lipinski definition) is 5. The highest BCUT2D eigenvalue weighted by atomic mass is 19.1. The van der Waals surface area contributed by atoms with Gasteiger partial charge in [0.2, 0.25) is 0 Å². The number of piperidine rings is 1. The van der Waals surface area contributed by atoms with Crippen LogP contribution in [0.15, 0.2) is 61.2 Å².